The molecule has 0 aliphatic rings. The standard InChI is InChI=1S/C34H19NO2/c1-4-10-29-22(7-1)27-17-20-13-15-25-23-8-2-6-12-32(23)37-34(25)26(20)19-30(27)35(29)21-14-16-33-28(18-21)24-9-3-5-11-31(24)36-33/h1-19H. The van der Waals surface area contributed by atoms with E-state index >= 15 is 0 Å². The van der Waals surface area contributed by atoms with Crippen LogP contribution in [-0.2, 0) is 0 Å². The first-order valence-electron chi connectivity index (χ1n) is 12.5. The van der Waals surface area contributed by atoms with E-state index in [-0.39, 0.29) is 0 Å². The Balaban J connectivity index is 1.43. The molecule has 172 valence electrons. The molecule has 0 spiro atoms. The molecule has 9 rings (SSSR count). The Morgan fingerprint density at radius 2 is 1.11 bits per heavy atom. The van der Waals surface area contributed by atoms with Crippen LogP contribution in [0.2, 0.25) is 0 Å². The van der Waals surface area contributed by atoms with Crippen molar-refractivity contribution in [3.05, 3.63) is 115 Å². The largest absolute Gasteiger partial charge is 0.456 e. The highest BCUT2D eigenvalue weighted by Gasteiger charge is 2.17. The predicted molar refractivity (Wildman–Crippen MR) is 153 cm³/mol. The number of para-hydroxylation sites is 3. The number of benzene rings is 6. The van der Waals surface area contributed by atoms with Gasteiger partial charge in [-0.05, 0) is 60.0 Å². The zero-order chi connectivity index (χ0) is 24.1. The molecule has 0 fully saturated rings. The van der Waals surface area contributed by atoms with E-state index in [1.165, 1.54) is 21.7 Å². The molecule has 3 nitrogen and oxygen atoms in total. The number of furan rings is 2. The van der Waals surface area contributed by atoms with Gasteiger partial charge in [-0.2, -0.15) is 0 Å². The van der Waals surface area contributed by atoms with Crippen LogP contribution in [0.5, 0.6) is 0 Å². The Morgan fingerprint density at radius 1 is 0.405 bits per heavy atom. The van der Waals surface area contributed by atoms with Gasteiger partial charge >= 0.3 is 0 Å². The third-order valence-corrected chi connectivity index (χ3v) is 7.77. The van der Waals surface area contributed by atoms with Crippen LogP contribution in [0.1, 0.15) is 0 Å². The maximum atomic E-state index is 6.41. The molecule has 6 aromatic carbocycles. The maximum absolute atomic E-state index is 6.41. The van der Waals surface area contributed by atoms with Crippen molar-refractivity contribution in [3.8, 4) is 5.69 Å². The van der Waals surface area contributed by atoms with Crippen molar-refractivity contribution < 1.29 is 8.83 Å². The van der Waals surface area contributed by atoms with Gasteiger partial charge in [0.25, 0.3) is 0 Å². The van der Waals surface area contributed by atoms with Crippen LogP contribution in [-0.4, -0.2) is 4.57 Å². The fraction of sp³-hybridized carbons (Fsp3) is 0. The van der Waals surface area contributed by atoms with Crippen LogP contribution in [0.15, 0.2) is 124 Å². The first-order chi connectivity index (χ1) is 18.3. The number of fused-ring (bicyclic) bond motifs is 11. The maximum Gasteiger partial charge on any atom is 0.143 e. The van der Waals surface area contributed by atoms with Gasteiger partial charge in [0.1, 0.15) is 22.3 Å². The molecule has 37 heavy (non-hydrogen) atoms. The second-order valence-corrected chi connectivity index (χ2v) is 9.76. The fourth-order valence-electron chi connectivity index (χ4n) is 6.10. The first kappa shape index (κ1) is 19.2. The summed E-state index contributed by atoms with van der Waals surface area (Å²) in [5.74, 6) is 0. The van der Waals surface area contributed by atoms with Crippen molar-refractivity contribution in [2.24, 2.45) is 0 Å². The monoisotopic (exact) mass is 473 g/mol. The van der Waals surface area contributed by atoms with Gasteiger partial charge in [-0.1, -0.05) is 60.7 Å². The quantitative estimate of drug-likeness (QED) is 0.238. The highest BCUT2D eigenvalue weighted by Crippen LogP contribution is 2.40. The molecule has 3 heterocycles. The molecule has 0 saturated carbocycles. The van der Waals surface area contributed by atoms with E-state index in [1.54, 1.807) is 0 Å². The van der Waals surface area contributed by atoms with Crippen LogP contribution < -0.4 is 0 Å². The van der Waals surface area contributed by atoms with Gasteiger partial charge in [0.2, 0.25) is 0 Å². The molecule has 0 unspecified atom stereocenters. The minimum atomic E-state index is 0.903. The molecule has 0 aliphatic heterocycles. The van der Waals surface area contributed by atoms with Gasteiger partial charge in [-0.25, -0.2) is 0 Å². The van der Waals surface area contributed by atoms with Gasteiger partial charge in [0.05, 0.1) is 11.0 Å². The summed E-state index contributed by atoms with van der Waals surface area (Å²) in [5.41, 5.74) is 7.13. The van der Waals surface area contributed by atoms with Crippen molar-refractivity contribution >= 4 is 76.5 Å². The van der Waals surface area contributed by atoms with Gasteiger partial charge < -0.3 is 13.4 Å². The van der Waals surface area contributed by atoms with E-state index in [0.717, 1.165) is 60.5 Å². The molecule has 0 N–H and O–H groups in total. The number of hydrogen-bond acceptors (Lipinski definition) is 2. The SMILES string of the molecule is c1ccc2c(c1)oc1ccc(-n3c4ccccc4c4cc5ccc6c7ccccc7oc6c5cc43)cc12. The Morgan fingerprint density at radius 3 is 1.97 bits per heavy atom. The lowest BCUT2D eigenvalue weighted by Gasteiger charge is -2.09. The third-order valence-electron chi connectivity index (χ3n) is 7.77. The van der Waals surface area contributed by atoms with E-state index in [2.05, 4.69) is 95.6 Å². The third kappa shape index (κ3) is 2.50. The van der Waals surface area contributed by atoms with E-state index in [1.807, 2.05) is 24.3 Å². The lowest BCUT2D eigenvalue weighted by Crippen LogP contribution is -1.93. The first-order valence-corrected chi connectivity index (χ1v) is 12.5. The smallest absolute Gasteiger partial charge is 0.143 e. The average Bonchev–Trinajstić information content (AvgIpc) is 3.61. The molecular formula is C34H19NO2. The van der Waals surface area contributed by atoms with E-state index in [9.17, 15) is 0 Å². The summed E-state index contributed by atoms with van der Waals surface area (Å²) in [6, 6.07) is 40.7. The number of rotatable bonds is 1. The molecule has 0 atom stereocenters. The van der Waals surface area contributed by atoms with Crippen LogP contribution in [0.25, 0.3) is 82.1 Å². The lowest BCUT2D eigenvalue weighted by molar-refractivity contribution is 0.669. The molecule has 0 aliphatic carbocycles. The van der Waals surface area contributed by atoms with E-state index < -0.39 is 0 Å². The zero-order valence-electron chi connectivity index (χ0n) is 19.7. The van der Waals surface area contributed by atoms with Gasteiger partial charge in [0.15, 0.2) is 0 Å². The number of hydrogen-bond donors (Lipinski definition) is 0. The number of nitrogens with zero attached hydrogens (tertiary/aromatic N) is 1. The minimum absolute atomic E-state index is 0.903. The van der Waals surface area contributed by atoms with Crippen molar-refractivity contribution in [2.45, 2.75) is 0 Å². The fourth-order valence-corrected chi connectivity index (χ4v) is 6.10. The molecule has 3 aromatic heterocycles. The molecule has 0 bridgehead atoms. The Labute approximate surface area is 210 Å². The second kappa shape index (κ2) is 6.80. The molecule has 0 amide bonds. The van der Waals surface area contributed by atoms with Crippen molar-refractivity contribution in [2.75, 3.05) is 0 Å². The van der Waals surface area contributed by atoms with Gasteiger partial charge in [-0.3, -0.25) is 0 Å². The molecular weight excluding hydrogens is 454 g/mol. The number of aromatic nitrogens is 1. The normalized spacial score (nSPS) is 12.3. The summed E-state index contributed by atoms with van der Waals surface area (Å²) in [6.45, 7) is 0. The summed E-state index contributed by atoms with van der Waals surface area (Å²) < 4.78 is 14.9. The van der Waals surface area contributed by atoms with Crippen LogP contribution in [0.3, 0.4) is 0 Å². The summed E-state index contributed by atoms with van der Waals surface area (Å²) in [4.78, 5) is 0. The Kier molecular flexibility index (Phi) is 3.53. The van der Waals surface area contributed by atoms with Crippen molar-refractivity contribution in [1.82, 2.24) is 4.57 Å². The summed E-state index contributed by atoms with van der Waals surface area (Å²) in [6.07, 6.45) is 0. The zero-order valence-corrected chi connectivity index (χ0v) is 19.7. The topological polar surface area (TPSA) is 31.2 Å². The van der Waals surface area contributed by atoms with Crippen LogP contribution in [0, 0.1) is 0 Å². The second-order valence-electron chi connectivity index (χ2n) is 9.76. The van der Waals surface area contributed by atoms with Gasteiger partial charge in [-0.15, -0.1) is 0 Å². The Hall–Kier alpha value is -5.02. The summed E-state index contributed by atoms with van der Waals surface area (Å²) in [7, 11) is 0. The molecule has 0 radical (unpaired) electrons. The summed E-state index contributed by atoms with van der Waals surface area (Å²) in [5, 5.41) is 9.33. The van der Waals surface area contributed by atoms with E-state index in [4.69, 9.17) is 8.83 Å². The molecule has 9 aromatic rings. The minimum Gasteiger partial charge on any atom is -0.456 e. The average molecular weight is 474 g/mol. The van der Waals surface area contributed by atoms with E-state index in [0.29, 0.717) is 0 Å². The predicted octanol–water partition coefficient (Wildman–Crippen LogP) is 9.74. The van der Waals surface area contributed by atoms with Crippen LogP contribution >= 0.6 is 0 Å². The Bertz CT molecular complexity index is 2360. The highest BCUT2D eigenvalue weighted by molar-refractivity contribution is 6.20. The summed E-state index contributed by atoms with van der Waals surface area (Å²) >= 11 is 0. The van der Waals surface area contributed by atoms with Crippen LogP contribution in [0.4, 0.5) is 0 Å². The van der Waals surface area contributed by atoms with Crippen molar-refractivity contribution in [3.63, 3.8) is 0 Å². The highest BCUT2D eigenvalue weighted by atomic mass is 16.3. The molecule has 0 saturated heterocycles. The van der Waals surface area contributed by atoms with Gasteiger partial charge in [0, 0.05) is 43.4 Å². The van der Waals surface area contributed by atoms with Crippen molar-refractivity contribution in [1.29, 1.82) is 0 Å². The lowest BCUT2D eigenvalue weighted by atomic mass is 10.0. The molecule has 3 heteroatoms.